The van der Waals surface area contributed by atoms with Gasteiger partial charge in [0.15, 0.2) is 0 Å². The van der Waals surface area contributed by atoms with E-state index in [1.54, 1.807) is 0 Å². The van der Waals surface area contributed by atoms with E-state index in [9.17, 15) is 9.59 Å². The number of carbonyl (C=O) groups excluding carboxylic acids is 2. The van der Waals surface area contributed by atoms with Crippen molar-refractivity contribution in [1.29, 1.82) is 0 Å². The third-order valence-electron chi connectivity index (χ3n) is 5.77. The Kier molecular flexibility index (Phi) is 9.07. The number of carbonyl (C=O) groups is 2. The molecule has 0 radical (unpaired) electrons. The van der Waals surface area contributed by atoms with Crippen molar-refractivity contribution in [2.45, 2.75) is 31.6 Å². The molecule has 0 atom stereocenters. The Balaban J connectivity index is 1.35. The first-order chi connectivity index (χ1) is 15.7. The smallest absolute Gasteiger partial charge is 0.407 e. The summed E-state index contributed by atoms with van der Waals surface area (Å²) >= 11 is 0. The highest BCUT2D eigenvalue weighted by Gasteiger charge is 2.28. The maximum absolute atomic E-state index is 12.2. The molecule has 32 heavy (non-hydrogen) atoms. The Hall–Kier alpha value is -2.90. The molecule has 7 heteroatoms. The lowest BCUT2D eigenvalue weighted by atomic mass is 9.98. The monoisotopic (exact) mass is 440 g/mol. The molecule has 3 rings (SSSR count). The second-order valence-corrected chi connectivity index (χ2v) is 7.89. The van der Waals surface area contributed by atoms with Crippen LogP contribution in [0.15, 0.2) is 48.5 Å². The maximum Gasteiger partial charge on any atom is 0.407 e. The van der Waals surface area contributed by atoms with Gasteiger partial charge in [-0.15, -0.1) is 0 Å². The van der Waals surface area contributed by atoms with Crippen LogP contribution in [-0.2, 0) is 9.53 Å². The summed E-state index contributed by atoms with van der Waals surface area (Å²) in [5.41, 5.74) is 4.76. The fourth-order valence-electron chi connectivity index (χ4n) is 4.18. The molecule has 0 saturated heterocycles. The summed E-state index contributed by atoms with van der Waals surface area (Å²) in [4.78, 5) is 25.7. The molecule has 2 aromatic rings. The molecule has 0 heterocycles. The van der Waals surface area contributed by atoms with E-state index in [2.05, 4.69) is 29.6 Å². The van der Waals surface area contributed by atoms with Crippen LogP contribution in [-0.4, -0.2) is 66.6 Å². The van der Waals surface area contributed by atoms with Crippen LogP contribution in [0.3, 0.4) is 0 Å². The molecule has 0 aliphatic heterocycles. The molecule has 172 valence electrons. The number of aliphatic hydroxyl groups excluding tert-OH is 2. The Morgan fingerprint density at radius 2 is 1.47 bits per heavy atom. The van der Waals surface area contributed by atoms with Gasteiger partial charge in [-0.3, -0.25) is 4.79 Å². The zero-order chi connectivity index (χ0) is 22.8. The van der Waals surface area contributed by atoms with Crippen molar-refractivity contribution in [3.05, 3.63) is 59.7 Å². The van der Waals surface area contributed by atoms with Crippen LogP contribution in [0.25, 0.3) is 11.1 Å². The van der Waals surface area contributed by atoms with Crippen molar-refractivity contribution in [3.63, 3.8) is 0 Å². The molecule has 0 fully saturated rings. The average molecular weight is 441 g/mol. The van der Waals surface area contributed by atoms with Crippen molar-refractivity contribution in [2.24, 2.45) is 0 Å². The van der Waals surface area contributed by atoms with Crippen LogP contribution in [0.2, 0.25) is 0 Å². The van der Waals surface area contributed by atoms with E-state index in [0.717, 1.165) is 12.8 Å². The van der Waals surface area contributed by atoms with E-state index >= 15 is 0 Å². The number of aliphatic hydroxyl groups is 2. The second kappa shape index (κ2) is 12.2. The molecule has 1 aliphatic rings. The van der Waals surface area contributed by atoms with Gasteiger partial charge in [0.05, 0.1) is 13.2 Å². The minimum Gasteiger partial charge on any atom is -0.449 e. The summed E-state index contributed by atoms with van der Waals surface area (Å²) in [6.45, 7) is 1.03. The molecule has 2 aromatic carbocycles. The minimum atomic E-state index is -0.431. The number of hydrogen-bond acceptors (Lipinski definition) is 5. The predicted molar refractivity (Wildman–Crippen MR) is 122 cm³/mol. The minimum absolute atomic E-state index is 0.0416. The molecule has 0 unspecified atom stereocenters. The largest absolute Gasteiger partial charge is 0.449 e. The predicted octanol–water partition coefficient (Wildman–Crippen LogP) is 2.90. The van der Waals surface area contributed by atoms with E-state index in [-0.39, 0.29) is 38.1 Å². The Labute approximate surface area is 189 Å². The summed E-state index contributed by atoms with van der Waals surface area (Å²) in [6.07, 6.45) is 2.17. The van der Waals surface area contributed by atoms with E-state index in [1.165, 1.54) is 27.2 Å². The molecule has 0 aromatic heterocycles. The normalized spacial score (nSPS) is 12.2. The van der Waals surface area contributed by atoms with E-state index in [0.29, 0.717) is 26.0 Å². The summed E-state index contributed by atoms with van der Waals surface area (Å²) in [5.74, 6) is -0.0301. The first-order valence-electron chi connectivity index (χ1n) is 11.2. The number of nitrogens with zero attached hydrogens (tertiary/aromatic N) is 1. The van der Waals surface area contributed by atoms with Crippen molar-refractivity contribution in [1.82, 2.24) is 10.2 Å². The van der Waals surface area contributed by atoms with Gasteiger partial charge in [-0.05, 0) is 35.1 Å². The number of unbranched alkanes of at least 4 members (excludes halogenated alkanes) is 2. The van der Waals surface area contributed by atoms with Crippen molar-refractivity contribution >= 4 is 12.0 Å². The third-order valence-corrected chi connectivity index (χ3v) is 5.77. The SMILES string of the molecule is O=C(NCCCCCC(=O)N(CCO)CCO)OCC1c2ccccc2-c2ccccc21. The molecule has 0 saturated carbocycles. The van der Waals surface area contributed by atoms with Gasteiger partial charge in [-0.25, -0.2) is 4.79 Å². The van der Waals surface area contributed by atoms with Gasteiger partial charge in [0.1, 0.15) is 6.61 Å². The Morgan fingerprint density at radius 1 is 0.875 bits per heavy atom. The zero-order valence-corrected chi connectivity index (χ0v) is 18.3. The zero-order valence-electron chi connectivity index (χ0n) is 18.3. The molecular formula is C25H32N2O5. The second-order valence-electron chi connectivity index (χ2n) is 7.89. The van der Waals surface area contributed by atoms with Gasteiger partial charge in [0, 0.05) is 32.0 Å². The maximum atomic E-state index is 12.2. The van der Waals surface area contributed by atoms with Crippen LogP contribution < -0.4 is 5.32 Å². The van der Waals surface area contributed by atoms with E-state index in [4.69, 9.17) is 14.9 Å². The lowest BCUT2D eigenvalue weighted by Gasteiger charge is -2.20. The molecule has 2 amide bonds. The quantitative estimate of drug-likeness (QED) is 0.441. The van der Waals surface area contributed by atoms with Crippen molar-refractivity contribution in [3.8, 4) is 11.1 Å². The van der Waals surface area contributed by atoms with Crippen LogP contribution in [0.5, 0.6) is 0 Å². The summed E-state index contributed by atoms with van der Waals surface area (Å²) < 4.78 is 5.51. The highest BCUT2D eigenvalue weighted by molar-refractivity contribution is 5.79. The molecular weight excluding hydrogens is 408 g/mol. The highest BCUT2D eigenvalue weighted by Crippen LogP contribution is 2.44. The van der Waals surface area contributed by atoms with Crippen LogP contribution in [0.4, 0.5) is 4.79 Å². The number of amides is 2. The first-order valence-corrected chi connectivity index (χ1v) is 11.2. The van der Waals surface area contributed by atoms with Crippen molar-refractivity contribution in [2.75, 3.05) is 39.5 Å². The van der Waals surface area contributed by atoms with Gasteiger partial charge in [-0.2, -0.15) is 0 Å². The summed E-state index contributed by atoms with van der Waals surface area (Å²) in [7, 11) is 0. The average Bonchev–Trinajstić information content (AvgIpc) is 3.13. The van der Waals surface area contributed by atoms with Gasteiger partial charge in [0.2, 0.25) is 5.91 Å². The van der Waals surface area contributed by atoms with Gasteiger partial charge in [0.25, 0.3) is 0 Å². The molecule has 1 aliphatic carbocycles. The Bertz CT molecular complexity index is 850. The van der Waals surface area contributed by atoms with Gasteiger partial charge < -0.3 is 25.2 Å². The van der Waals surface area contributed by atoms with Gasteiger partial charge in [-0.1, -0.05) is 55.0 Å². The lowest BCUT2D eigenvalue weighted by molar-refractivity contribution is -0.132. The number of fused-ring (bicyclic) bond motifs is 3. The molecule has 0 bridgehead atoms. The van der Waals surface area contributed by atoms with Gasteiger partial charge >= 0.3 is 6.09 Å². The number of ether oxygens (including phenoxy) is 1. The number of nitrogens with one attached hydrogen (secondary N) is 1. The first kappa shape index (κ1) is 23.8. The highest BCUT2D eigenvalue weighted by atomic mass is 16.5. The van der Waals surface area contributed by atoms with Crippen LogP contribution in [0.1, 0.15) is 42.7 Å². The number of benzene rings is 2. The molecule has 3 N–H and O–H groups in total. The third kappa shape index (κ3) is 6.08. The molecule has 7 nitrogen and oxygen atoms in total. The summed E-state index contributed by atoms with van der Waals surface area (Å²) in [5, 5.41) is 20.8. The lowest BCUT2D eigenvalue weighted by Crippen LogP contribution is -2.35. The number of rotatable bonds is 12. The standard InChI is InChI=1S/C25H32N2O5/c28-16-14-27(15-17-29)24(30)12-2-1-7-13-26-25(31)32-18-23-21-10-5-3-8-19(21)20-9-4-6-11-22(20)23/h3-6,8-11,23,28-29H,1-2,7,12-18H2,(H,26,31). The number of hydrogen-bond donors (Lipinski definition) is 3. The summed E-state index contributed by atoms with van der Waals surface area (Å²) in [6, 6.07) is 16.4. The van der Waals surface area contributed by atoms with E-state index < -0.39 is 6.09 Å². The fourth-order valence-corrected chi connectivity index (χ4v) is 4.18. The number of alkyl carbamates (subject to hydrolysis) is 1. The van der Waals surface area contributed by atoms with Crippen LogP contribution >= 0.6 is 0 Å². The van der Waals surface area contributed by atoms with Crippen LogP contribution in [0, 0.1) is 0 Å². The Morgan fingerprint density at radius 3 is 2.06 bits per heavy atom. The topological polar surface area (TPSA) is 99.1 Å². The fraction of sp³-hybridized carbons (Fsp3) is 0.440. The van der Waals surface area contributed by atoms with Crippen molar-refractivity contribution < 1.29 is 24.5 Å². The molecule has 0 spiro atoms. The van der Waals surface area contributed by atoms with E-state index in [1.807, 2.05) is 24.3 Å².